The number of unbranched alkanes of at least 4 members (excludes halogenated alkanes) is 1. The second-order valence-electron chi connectivity index (χ2n) is 12.7. The van der Waals surface area contributed by atoms with Crippen molar-refractivity contribution >= 4 is 43.7 Å². The zero-order valence-corrected chi connectivity index (χ0v) is 39.0. The lowest BCUT2D eigenvalue weighted by atomic mass is 10.0. The Bertz CT molecular complexity index is 1880. The van der Waals surface area contributed by atoms with E-state index in [-0.39, 0.29) is 5.75 Å². The molecule has 0 aliphatic rings. The molecule has 0 aliphatic carbocycles. The van der Waals surface area contributed by atoms with Gasteiger partial charge in [0.15, 0.2) is 5.75 Å². The molecule has 318 valence electrons. The highest BCUT2D eigenvalue weighted by atomic mass is 16.3. The standard InChI is InChI=1S/C12H12N2O.2C10H8.C8H10N2.C4H10.2C3H8.2C2H6/c1-8-7-9-5-3-4-6-10(9)12(15)11(8)14-13-2;2*1-2-6-10-8-4-3-7-9(10)5-1;1-7-3-5-8(6-4-7)10-9-2;1-3-4-2;2*1-3-2;2*1-2/h3-7,15H,1-2H3;2*1-8H;3-6H,1-2H3;3-4H2,1-2H3;2*3H2,1-2H3;2*1-2H3. The first-order chi connectivity index (χ1) is 28.7. The fraction of sp³-hybridized carbons (Fsp3) is 0.333. The fourth-order valence-corrected chi connectivity index (χ4v) is 4.67. The Morgan fingerprint density at radius 2 is 0.729 bits per heavy atom. The Hall–Kier alpha value is -5.68. The zero-order chi connectivity index (χ0) is 44.7. The van der Waals surface area contributed by atoms with Crippen LogP contribution in [0.2, 0.25) is 0 Å². The zero-order valence-electron chi connectivity index (χ0n) is 39.0. The highest BCUT2D eigenvalue weighted by Gasteiger charge is 2.08. The number of hydrogen-bond acceptors (Lipinski definition) is 5. The number of phenolic OH excluding ortho intramolecular Hbond substituents is 1. The average molecular weight is 797 g/mol. The van der Waals surface area contributed by atoms with Crippen LogP contribution < -0.4 is 0 Å². The monoisotopic (exact) mass is 797 g/mol. The van der Waals surface area contributed by atoms with Crippen molar-refractivity contribution < 1.29 is 5.11 Å². The number of benzene rings is 7. The second-order valence-corrected chi connectivity index (χ2v) is 12.7. The molecule has 0 aliphatic heterocycles. The van der Waals surface area contributed by atoms with Crippen LogP contribution in [0.5, 0.6) is 5.75 Å². The third kappa shape index (κ3) is 24.0. The van der Waals surface area contributed by atoms with Crippen molar-refractivity contribution in [3.63, 3.8) is 0 Å². The van der Waals surface area contributed by atoms with Gasteiger partial charge in [0.1, 0.15) is 5.69 Å². The number of nitrogens with zero attached hydrogens (tertiary/aromatic N) is 4. The minimum atomic E-state index is 0.205. The van der Waals surface area contributed by atoms with E-state index in [0.717, 1.165) is 22.0 Å². The molecule has 0 saturated heterocycles. The summed E-state index contributed by atoms with van der Waals surface area (Å²) in [6.07, 6.45) is 5.14. The van der Waals surface area contributed by atoms with E-state index in [4.69, 9.17) is 0 Å². The van der Waals surface area contributed by atoms with Crippen molar-refractivity contribution in [2.75, 3.05) is 14.1 Å². The van der Waals surface area contributed by atoms with Crippen molar-refractivity contribution in [1.82, 2.24) is 0 Å². The summed E-state index contributed by atoms with van der Waals surface area (Å²) in [6.45, 7) is 24.8. The largest absolute Gasteiger partial charge is 0.505 e. The number of rotatable bonds is 3. The van der Waals surface area contributed by atoms with Crippen molar-refractivity contribution in [3.05, 3.63) is 163 Å². The molecule has 5 heteroatoms. The first kappa shape index (κ1) is 55.4. The first-order valence-electron chi connectivity index (χ1n) is 21.5. The molecule has 0 saturated carbocycles. The lowest BCUT2D eigenvalue weighted by Gasteiger charge is -2.06. The van der Waals surface area contributed by atoms with Crippen molar-refractivity contribution in [3.8, 4) is 5.75 Å². The van der Waals surface area contributed by atoms with Gasteiger partial charge in [0.2, 0.25) is 0 Å². The Morgan fingerprint density at radius 1 is 0.424 bits per heavy atom. The van der Waals surface area contributed by atoms with E-state index >= 15 is 0 Å². The molecule has 0 fully saturated rings. The first-order valence-corrected chi connectivity index (χ1v) is 21.5. The Kier molecular flexibility index (Phi) is 35.6. The molecule has 7 aromatic carbocycles. The summed E-state index contributed by atoms with van der Waals surface area (Å²) in [5.74, 6) is 0.205. The van der Waals surface area contributed by atoms with Gasteiger partial charge in [-0.15, -0.1) is 0 Å². The van der Waals surface area contributed by atoms with E-state index in [9.17, 15) is 5.11 Å². The molecule has 0 aromatic heterocycles. The van der Waals surface area contributed by atoms with Crippen LogP contribution in [-0.2, 0) is 0 Å². The van der Waals surface area contributed by atoms with Crippen LogP contribution in [0.4, 0.5) is 11.4 Å². The maximum atomic E-state index is 10.0. The minimum absolute atomic E-state index is 0.205. The molecule has 0 radical (unpaired) electrons. The number of phenols is 1. The predicted octanol–water partition coefficient (Wildman–Crippen LogP) is 18.6. The molecule has 0 bridgehead atoms. The highest BCUT2D eigenvalue weighted by Crippen LogP contribution is 2.37. The van der Waals surface area contributed by atoms with E-state index in [2.05, 4.69) is 159 Å². The fourth-order valence-electron chi connectivity index (χ4n) is 4.67. The average Bonchev–Trinajstić information content (AvgIpc) is 3.29. The molecule has 7 aromatic rings. The van der Waals surface area contributed by atoms with Crippen molar-refractivity contribution in [1.29, 1.82) is 0 Å². The quantitative estimate of drug-likeness (QED) is 0.178. The molecule has 0 heterocycles. The number of fused-ring (bicyclic) bond motifs is 3. The van der Waals surface area contributed by atoms with Gasteiger partial charge in [0, 0.05) is 19.5 Å². The molecule has 0 spiro atoms. The maximum absolute atomic E-state index is 10.0. The van der Waals surface area contributed by atoms with Gasteiger partial charge < -0.3 is 5.11 Å². The molecule has 0 unspecified atom stereocenters. The molecule has 5 nitrogen and oxygen atoms in total. The van der Waals surface area contributed by atoms with Crippen LogP contribution >= 0.6 is 0 Å². The van der Waals surface area contributed by atoms with Gasteiger partial charge >= 0.3 is 0 Å². The van der Waals surface area contributed by atoms with Gasteiger partial charge in [-0.3, -0.25) is 0 Å². The third-order valence-corrected chi connectivity index (χ3v) is 7.45. The van der Waals surface area contributed by atoms with Gasteiger partial charge in [-0.05, 0) is 64.5 Å². The molecule has 59 heavy (non-hydrogen) atoms. The smallest absolute Gasteiger partial charge is 0.151 e. The van der Waals surface area contributed by atoms with E-state index in [1.165, 1.54) is 52.8 Å². The Labute approximate surface area is 359 Å². The number of aromatic hydroxyl groups is 1. The van der Waals surface area contributed by atoms with Crippen LogP contribution in [0.1, 0.15) is 106 Å². The molecule has 7 rings (SSSR count). The van der Waals surface area contributed by atoms with Crippen molar-refractivity contribution in [2.24, 2.45) is 20.5 Å². The summed E-state index contributed by atoms with van der Waals surface area (Å²) in [5.41, 5.74) is 3.64. The van der Waals surface area contributed by atoms with E-state index < -0.39 is 0 Å². The van der Waals surface area contributed by atoms with Crippen LogP contribution in [-0.4, -0.2) is 19.2 Å². The Balaban J connectivity index is 0. The van der Waals surface area contributed by atoms with E-state index in [1.807, 2.05) is 96.1 Å². The number of hydrogen-bond donors (Lipinski definition) is 1. The van der Waals surface area contributed by atoms with Crippen LogP contribution in [0.15, 0.2) is 172 Å². The maximum Gasteiger partial charge on any atom is 0.151 e. The number of aryl methyl sites for hydroxylation is 2. The van der Waals surface area contributed by atoms with Crippen molar-refractivity contribution in [2.45, 2.75) is 109 Å². The van der Waals surface area contributed by atoms with Gasteiger partial charge in [0.25, 0.3) is 0 Å². The summed E-state index contributed by atoms with van der Waals surface area (Å²) in [4.78, 5) is 0. The third-order valence-electron chi connectivity index (χ3n) is 7.45. The molecule has 1 N–H and O–H groups in total. The normalized spacial score (nSPS) is 9.39. The summed E-state index contributed by atoms with van der Waals surface area (Å²) >= 11 is 0. The van der Waals surface area contributed by atoms with Gasteiger partial charge in [0.05, 0.1) is 5.69 Å². The topological polar surface area (TPSA) is 69.7 Å². The van der Waals surface area contributed by atoms with Crippen LogP contribution in [0.25, 0.3) is 32.3 Å². The number of azo groups is 2. The second kappa shape index (κ2) is 37.9. The summed E-state index contributed by atoms with van der Waals surface area (Å²) < 4.78 is 0. The van der Waals surface area contributed by atoms with Gasteiger partial charge in [-0.1, -0.05) is 234 Å². The molecule has 0 amide bonds. The Morgan fingerprint density at radius 3 is 1.03 bits per heavy atom. The molecule has 0 atom stereocenters. The van der Waals surface area contributed by atoms with Gasteiger partial charge in [-0.25, -0.2) is 0 Å². The summed E-state index contributed by atoms with van der Waals surface area (Å²) in [5, 5.41) is 32.2. The lowest BCUT2D eigenvalue weighted by Crippen LogP contribution is -1.79. The highest BCUT2D eigenvalue weighted by molar-refractivity contribution is 5.93. The van der Waals surface area contributed by atoms with E-state index in [1.54, 1.807) is 14.1 Å². The lowest BCUT2D eigenvalue weighted by molar-refractivity contribution is 0.482. The van der Waals surface area contributed by atoms with E-state index in [0.29, 0.717) is 5.69 Å². The summed E-state index contributed by atoms with van der Waals surface area (Å²) in [7, 11) is 3.26. The molecular weight excluding hydrogens is 721 g/mol. The molecular formula is C54H76N4O. The van der Waals surface area contributed by atoms with Crippen LogP contribution in [0.3, 0.4) is 0 Å². The minimum Gasteiger partial charge on any atom is -0.505 e. The van der Waals surface area contributed by atoms with Gasteiger partial charge in [-0.2, -0.15) is 20.5 Å². The predicted molar refractivity (Wildman–Crippen MR) is 266 cm³/mol. The van der Waals surface area contributed by atoms with Crippen LogP contribution in [0, 0.1) is 13.8 Å². The SMILES string of the molecule is CC.CC.CCC.CCC.CCCC.CN=Nc1c(C)cc2ccccc2c1O.CN=Nc1ccc(C)cc1.c1ccc2ccccc2c1.c1ccc2ccccc2c1. The summed E-state index contributed by atoms with van der Waals surface area (Å²) in [6, 6.07) is 51.0.